The van der Waals surface area contributed by atoms with Gasteiger partial charge in [-0.3, -0.25) is 9.78 Å². The van der Waals surface area contributed by atoms with Crippen LogP contribution >= 0.6 is 0 Å². The van der Waals surface area contributed by atoms with Crippen molar-refractivity contribution in [1.82, 2.24) is 20.9 Å². The highest BCUT2D eigenvalue weighted by Crippen LogP contribution is 2.18. The van der Waals surface area contributed by atoms with Crippen molar-refractivity contribution in [3.63, 3.8) is 0 Å². The van der Waals surface area contributed by atoms with E-state index in [1.165, 1.54) is 0 Å². The molecule has 130 valence electrons. The monoisotopic (exact) mass is 340 g/mol. The Morgan fingerprint density at radius 1 is 1.36 bits per heavy atom. The first kappa shape index (κ1) is 16.8. The number of carbonyl (C=O) groups is 2. The molecule has 7 heteroatoms. The number of amides is 3. The second kappa shape index (κ2) is 7.65. The maximum absolute atomic E-state index is 12.1. The van der Waals surface area contributed by atoms with E-state index in [1.807, 2.05) is 43.3 Å². The molecule has 0 aliphatic carbocycles. The summed E-state index contributed by atoms with van der Waals surface area (Å²) in [6, 6.07) is 10.4. The SMILES string of the molecule is C[C@H](NC(=O)[C@H]1CNC(=O)N1)c1ccc(OCc2cccnc2)cc1. The van der Waals surface area contributed by atoms with Gasteiger partial charge in [0.1, 0.15) is 18.4 Å². The van der Waals surface area contributed by atoms with Gasteiger partial charge in [-0.1, -0.05) is 18.2 Å². The van der Waals surface area contributed by atoms with E-state index in [9.17, 15) is 9.59 Å². The number of nitrogens with one attached hydrogen (secondary N) is 3. The minimum Gasteiger partial charge on any atom is -0.489 e. The van der Waals surface area contributed by atoms with Gasteiger partial charge >= 0.3 is 6.03 Å². The molecule has 0 radical (unpaired) electrons. The molecule has 0 spiro atoms. The average Bonchev–Trinajstić information content (AvgIpc) is 3.08. The third-order valence-electron chi connectivity index (χ3n) is 3.96. The van der Waals surface area contributed by atoms with Crippen LogP contribution in [0.5, 0.6) is 5.75 Å². The summed E-state index contributed by atoms with van der Waals surface area (Å²) in [6.07, 6.45) is 3.49. The van der Waals surface area contributed by atoms with E-state index in [1.54, 1.807) is 12.4 Å². The van der Waals surface area contributed by atoms with Gasteiger partial charge in [0, 0.05) is 24.5 Å². The zero-order valence-electron chi connectivity index (χ0n) is 13.9. The molecule has 1 aromatic heterocycles. The molecule has 2 heterocycles. The van der Waals surface area contributed by atoms with Crippen molar-refractivity contribution in [3.8, 4) is 5.75 Å². The highest BCUT2D eigenvalue weighted by Gasteiger charge is 2.27. The Hall–Kier alpha value is -3.09. The number of urea groups is 1. The molecule has 1 aliphatic rings. The van der Waals surface area contributed by atoms with Crippen molar-refractivity contribution in [2.75, 3.05) is 6.54 Å². The molecule has 0 saturated carbocycles. The summed E-state index contributed by atoms with van der Waals surface area (Å²) in [5.74, 6) is 0.543. The predicted octanol–water partition coefficient (Wildman–Crippen LogP) is 1.52. The molecule has 7 nitrogen and oxygen atoms in total. The molecule has 25 heavy (non-hydrogen) atoms. The van der Waals surface area contributed by atoms with E-state index in [4.69, 9.17) is 4.74 Å². The average molecular weight is 340 g/mol. The van der Waals surface area contributed by atoms with Crippen molar-refractivity contribution in [3.05, 3.63) is 59.9 Å². The molecule has 3 amide bonds. The maximum atomic E-state index is 12.1. The minimum atomic E-state index is -0.531. The Bertz CT molecular complexity index is 734. The molecule has 1 saturated heterocycles. The number of nitrogens with zero attached hydrogens (tertiary/aromatic N) is 1. The summed E-state index contributed by atoms with van der Waals surface area (Å²) >= 11 is 0. The van der Waals surface area contributed by atoms with Gasteiger partial charge in [0.2, 0.25) is 5.91 Å². The number of rotatable bonds is 6. The molecule has 0 bridgehead atoms. The van der Waals surface area contributed by atoms with Gasteiger partial charge in [-0.05, 0) is 30.7 Å². The predicted molar refractivity (Wildman–Crippen MR) is 91.9 cm³/mol. The lowest BCUT2D eigenvalue weighted by Crippen LogP contribution is -2.43. The van der Waals surface area contributed by atoms with Crippen LogP contribution < -0.4 is 20.7 Å². The van der Waals surface area contributed by atoms with E-state index in [-0.39, 0.29) is 18.0 Å². The number of aromatic nitrogens is 1. The number of hydrogen-bond acceptors (Lipinski definition) is 4. The first-order valence-electron chi connectivity index (χ1n) is 8.08. The standard InChI is InChI=1S/C18H20N4O3/c1-12(21-17(23)16-10-20-18(24)22-16)14-4-6-15(7-5-14)25-11-13-3-2-8-19-9-13/h2-9,12,16H,10-11H2,1H3,(H,21,23)(H2,20,22,24)/t12-,16+/m0/s1. The quantitative estimate of drug-likeness (QED) is 0.743. The van der Waals surface area contributed by atoms with Crippen LogP contribution in [0.15, 0.2) is 48.8 Å². The fourth-order valence-electron chi connectivity index (χ4n) is 2.51. The number of pyridine rings is 1. The van der Waals surface area contributed by atoms with E-state index in [0.29, 0.717) is 13.2 Å². The number of carbonyl (C=O) groups excluding carboxylic acids is 2. The van der Waals surface area contributed by atoms with Crippen LogP contribution in [0.1, 0.15) is 24.1 Å². The van der Waals surface area contributed by atoms with E-state index >= 15 is 0 Å². The molecule has 3 N–H and O–H groups in total. The highest BCUT2D eigenvalue weighted by atomic mass is 16.5. The van der Waals surface area contributed by atoms with Crippen molar-refractivity contribution < 1.29 is 14.3 Å². The first-order chi connectivity index (χ1) is 12.1. The Morgan fingerprint density at radius 2 is 2.16 bits per heavy atom. The van der Waals surface area contributed by atoms with Crippen molar-refractivity contribution >= 4 is 11.9 Å². The summed E-state index contributed by atoms with van der Waals surface area (Å²) in [6.45, 7) is 2.65. The zero-order valence-corrected chi connectivity index (χ0v) is 13.9. The topological polar surface area (TPSA) is 92.4 Å². The van der Waals surface area contributed by atoms with E-state index < -0.39 is 6.04 Å². The molecule has 1 aromatic carbocycles. The molecule has 1 aliphatic heterocycles. The summed E-state index contributed by atoms with van der Waals surface area (Å²) in [5.41, 5.74) is 1.96. The lowest BCUT2D eigenvalue weighted by atomic mass is 10.1. The van der Waals surface area contributed by atoms with Crippen LogP contribution in [-0.4, -0.2) is 29.5 Å². The van der Waals surface area contributed by atoms with Crippen LogP contribution in [0, 0.1) is 0 Å². The Labute approximate surface area is 145 Å². The van der Waals surface area contributed by atoms with Gasteiger partial charge in [-0.2, -0.15) is 0 Å². The summed E-state index contributed by atoms with van der Waals surface area (Å²) in [5, 5.41) is 8.02. The van der Waals surface area contributed by atoms with Gasteiger partial charge in [-0.25, -0.2) is 4.79 Å². The Morgan fingerprint density at radius 3 is 2.80 bits per heavy atom. The van der Waals surface area contributed by atoms with Crippen molar-refractivity contribution in [2.24, 2.45) is 0 Å². The van der Waals surface area contributed by atoms with Crippen molar-refractivity contribution in [1.29, 1.82) is 0 Å². The number of benzene rings is 1. The largest absolute Gasteiger partial charge is 0.489 e. The highest BCUT2D eigenvalue weighted by molar-refractivity contribution is 5.90. The summed E-state index contributed by atoms with van der Waals surface area (Å²) in [4.78, 5) is 27.2. The lowest BCUT2D eigenvalue weighted by molar-refractivity contribution is -0.123. The van der Waals surface area contributed by atoms with Gasteiger partial charge in [0.15, 0.2) is 0 Å². The summed E-state index contributed by atoms with van der Waals surface area (Å²) < 4.78 is 5.72. The van der Waals surface area contributed by atoms with Crippen LogP contribution in [0.4, 0.5) is 4.79 Å². The molecule has 2 atom stereocenters. The fourth-order valence-corrected chi connectivity index (χ4v) is 2.51. The second-order valence-electron chi connectivity index (χ2n) is 5.86. The molecule has 2 aromatic rings. The Balaban J connectivity index is 1.52. The van der Waals surface area contributed by atoms with E-state index in [2.05, 4.69) is 20.9 Å². The van der Waals surface area contributed by atoms with Gasteiger partial charge < -0.3 is 20.7 Å². The lowest BCUT2D eigenvalue weighted by Gasteiger charge is -2.17. The van der Waals surface area contributed by atoms with Gasteiger partial charge in [0.25, 0.3) is 0 Å². The molecule has 1 fully saturated rings. The second-order valence-corrected chi connectivity index (χ2v) is 5.86. The Kier molecular flexibility index (Phi) is 5.13. The third kappa shape index (κ3) is 4.47. The molecule has 0 unspecified atom stereocenters. The number of ether oxygens (including phenoxy) is 1. The maximum Gasteiger partial charge on any atom is 0.315 e. The first-order valence-corrected chi connectivity index (χ1v) is 8.08. The van der Waals surface area contributed by atoms with Crippen LogP contribution in [-0.2, 0) is 11.4 Å². The van der Waals surface area contributed by atoms with Crippen LogP contribution in [0.25, 0.3) is 0 Å². The summed E-state index contributed by atoms with van der Waals surface area (Å²) in [7, 11) is 0. The van der Waals surface area contributed by atoms with Gasteiger partial charge in [-0.15, -0.1) is 0 Å². The third-order valence-corrected chi connectivity index (χ3v) is 3.96. The fraction of sp³-hybridized carbons (Fsp3) is 0.278. The van der Waals surface area contributed by atoms with E-state index in [0.717, 1.165) is 16.9 Å². The number of hydrogen-bond donors (Lipinski definition) is 3. The van der Waals surface area contributed by atoms with Crippen LogP contribution in [0.2, 0.25) is 0 Å². The normalized spacial score (nSPS) is 17.3. The molecule has 3 rings (SSSR count). The molecular weight excluding hydrogens is 320 g/mol. The van der Waals surface area contributed by atoms with Crippen LogP contribution in [0.3, 0.4) is 0 Å². The van der Waals surface area contributed by atoms with Crippen molar-refractivity contribution in [2.45, 2.75) is 25.6 Å². The smallest absolute Gasteiger partial charge is 0.315 e. The zero-order chi connectivity index (χ0) is 17.6. The molecular formula is C18H20N4O3. The minimum absolute atomic E-state index is 0.169. The van der Waals surface area contributed by atoms with Gasteiger partial charge in [0.05, 0.1) is 6.04 Å².